The lowest BCUT2D eigenvalue weighted by molar-refractivity contribution is -0.133. The number of nitrogens with zero attached hydrogens (tertiary/aromatic N) is 3. The molecule has 0 aliphatic heterocycles. The second kappa shape index (κ2) is 7.28. The number of hydrogen-bond donors (Lipinski definition) is 1. The maximum Gasteiger partial charge on any atom is 0.236 e. The molecular formula is C15H22N4OS2. The number of amides is 1. The van der Waals surface area contributed by atoms with Crippen molar-refractivity contribution in [1.29, 1.82) is 0 Å². The molecule has 1 N–H and O–H groups in total. The van der Waals surface area contributed by atoms with E-state index in [0.717, 1.165) is 10.7 Å². The highest BCUT2D eigenvalue weighted by Crippen LogP contribution is 2.26. The molecular weight excluding hydrogens is 316 g/mol. The first kappa shape index (κ1) is 17.0. The molecule has 0 aliphatic rings. The van der Waals surface area contributed by atoms with Gasteiger partial charge in [-0.2, -0.15) is 0 Å². The molecule has 0 aliphatic carbocycles. The highest BCUT2D eigenvalue weighted by atomic mass is 32.2. The van der Waals surface area contributed by atoms with Crippen LogP contribution in [0.15, 0.2) is 22.7 Å². The number of carbonyl (C=O) groups is 1. The first-order valence-corrected chi connectivity index (χ1v) is 9.11. The molecule has 120 valence electrons. The topological polar surface area (TPSA) is 61.9 Å². The smallest absolute Gasteiger partial charge is 0.236 e. The van der Waals surface area contributed by atoms with Gasteiger partial charge in [-0.25, -0.2) is 4.98 Å². The molecule has 2 aromatic heterocycles. The van der Waals surface area contributed by atoms with Crippen molar-refractivity contribution in [1.82, 2.24) is 20.1 Å². The normalized spacial score (nSPS) is 12.9. The predicted molar refractivity (Wildman–Crippen MR) is 92.1 cm³/mol. The molecule has 0 saturated carbocycles. The minimum atomic E-state index is -0.211. The van der Waals surface area contributed by atoms with E-state index in [2.05, 4.69) is 15.2 Å². The summed E-state index contributed by atoms with van der Waals surface area (Å²) in [4.78, 5) is 20.0. The van der Waals surface area contributed by atoms with Gasteiger partial charge in [0.25, 0.3) is 0 Å². The number of rotatable bonds is 6. The maximum atomic E-state index is 12.6. The molecule has 0 unspecified atom stereocenters. The number of aromatic amines is 1. The summed E-state index contributed by atoms with van der Waals surface area (Å²) in [5.74, 6) is 0.874. The number of thiophene rings is 1. The molecule has 1 amide bonds. The Kier molecular flexibility index (Phi) is 5.63. The average molecular weight is 339 g/mol. The van der Waals surface area contributed by atoms with Crippen LogP contribution in [0.5, 0.6) is 0 Å². The standard InChI is InChI=1S/C15H22N4OS2/c1-9(2)19(10(3)4)14(20)11(5)22-15-16-13(17-18-15)12-7-6-8-21-12/h6-11H,1-5H3,(H,16,17,18)/t11-/m0/s1. The number of hydrogen-bond acceptors (Lipinski definition) is 5. The monoisotopic (exact) mass is 338 g/mol. The van der Waals surface area contributed by atoms with Gasteiger partial charge in [0.05, 0.1) is 10.1 Å². The van der Waals surface area contributed by atoms with Crippen molar-refractivity contribution in [3.8, 4) is 10.7 Å². The summed E-state index contributed by atoms with van der Waals surface area (Å²) < 4.78 is 0. The zero-order chi connectivity index (χ0) is 16.3. The zero-order valence-electron chi connectivity index (χ0n) is 13.5. The number of nitrogens with one attached hydrogen (secondary N) is 1. The van der Waals surface area contributed by atoms with Crippen LogP contribution in [0, 0.1) is 0 Å². The van der Waals surface area contributed by atoms with Gasteiger partial charge in [0.2, 0.25) is 11.1 Å². The molecule has 0 bridgehead atoms. The molecule has 0 aromatic carbocycles. The Bertz CT molecular complexity index is 599. The summed E-state index contributed by atoms with van der Waals surface area (Å²) in [6, 6.07) is 4.34. The Balaban J connectivity index is 2.05. The van der Waals surface area contributed by atoms with Crippen LogP contribution in [-0.2, 0) is 4.79 Å². The van der Waals surface area contributed by atoms with Crippen molar-refractivity contribution in [3.05, 3.63) is 17.5 Å². The third-order valence-corrected chi connectivity index (χ3v) is 5.04. The highest BCUT2D eigenvalue weighted by molar-refractivity contribution is 8.00. The van der Waals surface area contributed by atoms with Crippen molar-refractivity contribution >= 4 is 29.0 Å². The molecule has 1 atom stereocenters. The fraction of sp³-hybridized carbons (Fsp3) is 0.533. The first-order chi connectivity index (χ1) is 10.4. The van der Waals surface area contributed by atoms with Crippen LogP contribution < -0.4 is 0 Å². The van der Waals surface area contributed by atoms with Crippen molar-refractivity contribution in [2.24, 2.45) is 0 Å². The summed E-state index contributed by atoms with van der Waals surface area (Å²) in [6.07, 6.45) is 0. The van der Waals surface area contributed by atoms with Crippen molar-refractivity contribution in [3.63, 3.8) is 0 Å². The molecule has 0 fully saturated rings. The second-order valence-corrected chi connectivity index (χ2v) is 7.89. The van der Waals surface area contributed by atoms with Crippen LogP contribution in [0.1, 0.15) is 34.6 Å². The number of aromatic nitrogens is 3. The van der Waals surface area contributed by atoms with Crippen molar-refractivity contribution in [2.75, 3.05) is 0 Å². The van der Waals surface area contributed by atoms with Crippen molar-refractivity contribution in [2.45, 2.75) is 57.1 Å². The van der Waals surface area contributed by atoms with Crippen LogP contribution in [0.25, 0.3) is 10.7 Å². The number of thioether (sulfide) groups is 1. The van der Waals surface area contributed by atoms with Crippen LogP contribution in [0.3, 0.4) is 0 Å². The van der Waals surface area contributed by atoms with E-state index in [-0.39, 0.29) is 23.2 Å². The third-order valence-electron chi connectivity index (χ3n) is 3.22. The highest BCUT2D eigenvalue weighted by Gasteiger charge is 2.26. The molecule has 2 aromatic rings. The van der Waals surface area contributed by atoms with Gasteiger partial charge in [-0.05, 0) is 46.1 Å². The van der Waals surface area contributed by atoms with E-state index in [4.69, 9.17) is 0 Å². The van der Waals surface area contributed by atoms with Gasteiger partial charge >= 0.3 is 0 Å². The Morgan fingerprint density at radius 3 is 2.50 bits per heavy atom. The predicted octanol–water partition coefficient (Wildman–Crippen LogP) is 3.66. The van der Waals surface area contributed by atoms with Crippen LogP contribution in [-0.4, -0.2) is 43.3 Å². The largest absolute Gasteiger partial charge is 0.337 e. The van der Waals surface area contributed by atoms with E-state index in [1.54, 1.807) is 11.3 Å². The van der Waals surface area contributed by atoms with Gasteiger partial charge in [0, 0.05) is 12.1 Å². The van der Waals surface area contributed by atoms with E-state index in [0.29, 0.717) is 5.16 Å². The molecule has 0 saturated heterocycles. The molecule has 0 spiro atoms. The summed E-state index contributed by atoms with van der Waals surface area (Å²) in [6.45, 7) is 10.1. The molecule has 2 heterocycles. The van der Waals surface area contributed by atoms with Gasteiger partial charge in [0.15, 0.2) is 5.82 Å². The molecule has 22 heavy (non-hydrogen) atoms. The average Bonchev–Trinajstić information content (AvgIpc) is 3.07. The first-order valence-electron chi connectivity index (χ1n) is 7.35. The lowest BCUT2D eigenvalue weighted by Gasteiger charge is -2.32. The van der Waals surface area contributed by atoms with E-state index in [9.17, 15) is 4.79 Å². The summed E-state index contributed by atoms with van der Waals surface area (Å²) >= 11 is 3.00. The number of carbonyl (C=O) groups excluding carboxylic acids is 1. The van der Waals surface area contributed by atoms with Gasteiger partial charge in [-0.3, -0.25) is 9.89 Å². The molecule has 7 heteroatoms. The number of H-pyrrole nitrogens is 1. The van der Waals surface area contributed by atoms with Gasteiger partial charge in [0.1, 0.15) is 0 Å². The molecule has 5 nitrogen and oxygen atoms in total. The second-order valence-electron chi connectivity index (χ2n) is 5.64. The van der Waals surface area contributed by atoms with E-state index < -0.39 is 0 Å². The fourth-order valence-corrected chi connectivity index (χ4v) is 3.79. The van der Waals surface area contributed by atoms with E-state index >= 15 is 0 Å². The lowest BCUT2D eigenvalue weighted by atomic mass is 10.2. The minimum Gasteiger partial charge on any atom is -0.337 e. The quantitative estimate of drug-likeness (QED) is 0.817. The third kappa shape index (κ3) is 3.89. The van der Waals surface area contributed by atoms with E-state index in [1.807, 2.05) is 57.0 Å². The lowest BCUT2D eigenvalue weighted by Crippen LogP contribution is -2.45. The van der Waals surface area contributed by atoms with E-state index in [1.165, 1.54) is 11.8 Å². The summed E-state index contributed by atoms with van der Waals surface area (Å²) in [7, 11) is 0. The maximum absolute atomic E-state index is 12.6. The zero-order valence-corrected chi connectivity index (χ0v) is 15.2. The SMILES string of the molecule is CC(C)N(C(=O)[C@H](C)Sc1n[nH]c(-c2cccs2)n1)C(C)C. The molecule has 0 radical (unpaired) electrons. The fourth-order valence-electron chi connectivity index (χ4n) is 2.35. The Morgan fingerprint density at radius 2 is 1.95 bits per heavy atom. The van der Waals surface area contributed by atoms with Gasteiger partial charge in [-0.15, -0.1) is 16.4 Å². The Hall–Kier alpha value is -1.34. The van der Waals surface area contributed by atoms with Crippen molar-refractivity contribution < 1.29 is 4.79 Å². The van der Waals surface area contributed by atoms with Crippen LogP contribution in [0.4, 0.5) is 0 Å². The Labute approximate surface area is 139 Å². The Morgan fingerprint density at radius 1 is 1.27 bits per heavy atom. The van der Waals surface area contributed by atoms with Crippen LogP contribution >= 0.6 is 23.1 Å². The summed E-state index contributed by atoms with van der Waals surface area (Å²) in [5.41, 5.74) is 0. The van der Waals surface area contributed by atoms with Crippen LogP contribution in [0.2, 0.25) is 0 Å². The van der Waals surface area contributed by atoms with Gasteiger partial charge in [-0.1, -0.05) is 17.8 Å². The van der Waals surface area contributed by atoms with Gasteiger partial charge < -0.3 is 4.90 Å². The minimum absolute atomic E-state index is 0.123. The summed E-state index contributed by atoms with van der Waals surface area (Å²) in [5, 5.41) is 9.53. The molecule has 2 rings (SSSR count).